The molecule has 0 aromatic heterocycles. The summed E-state index contributed by atoms with van der Waals surface area (Å²) in [5.74, 6) is -1.71. The summed E-state index contributed by atoms with van der Waals surface area (Å²) in [6.45, 7) is 3.62. The van der Waals surface area contributed by atoms with E-state index in [4.69, 9.17) is 9.84 Å². The third kappa shape index (κ3) is 10.6. The number of hydrogen-bond donors (Lipinski definition) is 3. The van der Waals surface area contributed by atoms with Crippen LogP contribution in [-0.2, 0) is 19.1 Å². The number of urea groups is 1. The molecular weight excluding hydrogens is 280 g/mol. The zero-order valence-electron chi connectivity index (χ0n) is 12.5. The van der Waals surface area contributed by atoms with Gasteiger partial charge in [0.1, 0.15) is 6.04 Å². The summed E-state index contributed by atoms with van der Waals surface area (Å²) >= 11 is 0. The second kappa shape index (κ2) is 12.0. The van der Waals surface area contributed by atoms with Crippen LogP contribution in [0.2, 0.25) is 0 Å². The van der Waals surface area contributed by atoms with E-state index in [0.717, 1.165) is 6.42 Å². The highest BCUT2D eigenvalue weighted by molar-refractivity contribution is 5.83. The summed E-state index contributed by atoms with van der Waals surface area (Å²) in [5, 5.41) is 13.8. The van der Waals surface area contributed by atoms with Crippen molar-refractivity contribution >= 4 is 18.0 Å². The molecule has 0 saturated carbocycles. The standard InChI is InChI=1S/C13H24N2O6/c1-3-8-21-9-4-7-14-13(19)15-10(12(17)18)5-6-11(16)20-2/h10H,3-9H2,1-2H3,(H,17,18)(H2,14,15,19)/t10-/m1/s1. The Balaban J connectivity index is 3.90. The predicted molar refractivity (Wildman–Crippen MR) is 74.9 cm³/mol. The Morgan fingerprint density at radius 3 is 2.52 bits per heavy atom. The fourth-order valence-corrected chi connectivity index (χ4v) is 1.45. The number of esters is 1. The Kier molecular flexibility index (Phi) is 10.9. The van der Waals surface area contributed by atoms with E-state index in [0.29, 0.717) is 26.2 Å². The SMILES string of the molecule is CCCOCCCNC(=O)N[C@H](CCC(=O)OC)C(=O)O. The molecule has 3 N–H and O–H groups in total. The number of carbonyl (C=O) groups is 3. The van der Waals surface area contributed by atoms with Gasteiger partial charge in [0.05, 0.1) is 7.11 Å². The van der Waals surface area contributed by atoms with E-state index in [1.807, 2.05) is 6.92 Å². The number of carboxylic acid groups (broad SMARTS) is 1. The van der Waals surface area contributed by atoms with E-state index >= 15 is 0 Å². The van der Waals surface area contributed by atoms with Gasteiger partial charge < -0.3 is 25.2 Å². The molecule has 0 aliphatic rings. The lowest BCUT2D eigenvalue weighted by Crippen LogP contribution is -2.46. The molecule has 8 heteroatoms. The molecule has 0 spiro atoms. The minimum absolute atomic E-state index is 0.0188. The second-order valence-corrected chi connectivity index (χ2v) is 4.37. The summed E-state index contributed by atoms with van der Waals surface area (Å²) in [6, 6.07) is -1.71. The van der Waals surface area contributed by atoms with Crippen molar-refractivity contribution in [3.05, 3.63) is 0 Å². The fraction of sp³-hybridized carbons (Fsp3) is 0.769. The van der Waals surface area contributed by atoms with Gasteiger partial charge in [-0.25, -0.2) is 9.59 Å². The van der Waals surface area contributed by atoms with Gasteiger partial charge in [-0.3, -0.25) is 4.79 Å². The summed E-state index contributed by atoms with van der Waals surface area (Å²) in [5.41, 5.74) is 0. The van der Waals surface area contributed by atoms with E-state index in [2.05, 4.69) is 15.4 Å². The van der Waals surface area contributed by atoms with Crippen LogP contribution >= 0.6 is 0 Å². The maximum absolute atomic E-state index is 11.5. The van der Waals surface area contributed by atoms with Gasteiger partial charge >= 0.3 is 18.0 Å². The summed E-state index contributed by atoms with van der Waals surface area (Å²) < 4.78 is 9.67. The highest BCUT2D eigenvalue weighted by atomic mass is 16.5. The van der Waals surface area contributed by atoms with Crippen molar-refractivity contribution in [2.45, 2.75) is 38.6 Å². The van der Waals surface area contributed by atoms with Gasteiger partial charge in [-0.05, 0) is 19.3 Å². The van der Waals surface area contributed by atoms with Crippen molar-refractivity contribution in [3.63, 3.8) is 0 Å². The molecule has 0 aliphatic carbocycles. The smallest absolute Gasteiger partial charge is 0.326 e. The zero-order chi connectivity index (χ0) is 16.1. The monoisotopic (exact) mass is 304 g/mol. The molecule has 0 aliphatic heterocycles. The molecule has 0 saturated heterocycles. The van der Waals surface area contributed by atoms with Crippen molar-refractivity contribution in [3.8, 4) is 0 Å². The van der Waals surface area contributed by atoms with Crippen LogP contribution in [-0.4, -0.2) is 56.0 Å². The molecule has 0 heterocycles. The summed E-state index contributed by atoms with van der Waals surface area (Å²) in [4.78, 5) is 33.5. The first-order valence-electron chi connectivity index (χ1n) is 6.93. The highest BCUT2D eigenvalue weighted by Gasteiger charge is 2.20. The quantitative estimate of drug-likeness (QED) is 0.378. The van der Waals surface area contributed by atoms with Crippen molar-refractivity contribution in [2.75, 3.05) is 26.9 Å². The van der Waals surface area contributed by atoms with E-state index < -0.39 is 24.0 Å². The number of carbonyl (C=O) groups excluding carboxylic acids is 2. The van der Waals surface area contributed by atoms with Gasteiger partial charge in [-0.2, -0.15) is 0 Å². The molecule has 1 atom stereocenters. The Morgan fingerprint density at radius 2 is 1.95 bits per heavy atom. The highest BCUT2D eigenvalue weighted by Crippen LogP contribution is 1.99. The maximum atomic E-state index is 11.5. The first-order chi connectivity index (χ1) is 10.0. The molecule has 0 fully saturated rings. The van der Waals surface area contributed by atoms with Crippen LogP contribution in [0.5, 0.6) is 0 Å². The number of hydrogen-bond acceptors (Lipinski definition) is 5. The van der Waals surface area contributed by atoms with E-state index in [1.54, 1.807) is 0 Å². The number of methoxy groups -OCH3 is 1. The van der Waals surface area contributed by atoms with E-state index in [9.17, 15) is 14.4 Å². The molecule has 21 heavy (non-hydrogen) atoms. The number of rotatable bonds is 11. The third-order valence-corrected chi connectivity index (χ3v) is 2.57. The van der Waals surface area contributed by atoms with Gasteiger partial charge in [-0.15, -0.1) is 0 Å². The minimum atomic E-state index is -1.19. The second-order valence-electron chi connectivity index (χ2n) is 4.37. The van der Waals surface area contributed by atoms with Gasteiger partial charge in [0.2, 0.25) is 0 Å². The van der Waals surface area contributed by atoms with Crippen molar-refractivity contribution in [1.29, 1.82) is 0 Å². The number of amides is 2. The molecule has 0 aromatic rings. The van der Waals surface area contributed by atoms with Crippen LogP contribution in [0.25, 0.3) is 0 Å². The molecule has 0 bridgehead atoms. The normalized spacial score (nSPS) is 11.5. The lowest BCUT2D eigenvalue weighted by molar-refractivity contribution is -0.142. The Labute approximate surface area is 124 Å². The van der Waals surface area contributed by atoms with Gasteiger partial charge in [0.25, 0.3) is 0 Å². The zero-order valence-corrected chi connectivity index (χ0v) is 12.5. The molecule has 0 unspecified atom stereocenters. The van der Waals surface area contributed by atoms with Crippen LogP contribution in [0, 0.1) is 0 Å². The third-order valence-electron chi connectivity index (χ3n) is 2.57. The number of carboxylic acids is 1. The Morgan fingerprint density at radius 1 is 1.24 bits per heavy atom. The number of nitrogens with one attached hydrogen (secondary N) is 2. The van der Waals surface area contributed by atoms with Gasteiger partial charge in [-0.1, -0.05) is 6.92 Å². The lowest BCUT2D eigenvalue weighted by atomic mass is 10.1. The van der Waals surface area contributed by atoms with E-state index in [1.165, 1.54) is 7.11 Å². The topological polar surface area (TPSA) is 114 Å². The molecule has 2 amide bonds. The molecular formula is C13H24N2O6. The molecule has 0 radical (unpaired) electrons. The summed E-state index contributed by atoms with van der Waals surface area (Å²) in [7, 11) is 1.22. The van der Waals surface area contributed by atoms with Crippen molar-refractivity contribution in [1.82, 2.24) is 10.6 Å². The molecule has 0 rings (SSSR count). The largest absolute Gasteiger partial charge is 0.480 e. The van der Waals surface area contributed by atoms with E-state index in [-0.39, 0.29) is 12.8 Å². The molecule has 0 aromatic carbocycles. The first-order valence-corrected chi connectivity index (χ1v) is 6.93. The van der Waals surface area contributed by atoms with Crippen LogP contribution in [0.3, 0.4) is 0 Å². The Bertz CT molecular complexity index is 335. The lowest BCUT2D eigenvalue weighted by Gasteiger charge is -2.14. The summed E-state index contributed by atoms with van der Waals surface area (Å²) in [6.07, 6.45) is 1.50. The van der Waals surface area contributed by atoms with Crippen LogP contribution in [0.4, 0.5) is 4.79 Å². The van der Waals surface area contributed by atoms with Crippen LogP contribution < -0.4 is 10.6 Å². The van der Waals surface area contributed by atoms with Crippen molar-refractivity contribution in [2.24, 2.45) is 0 Å². The predicted octanol–water partition coefficient (Wildman–Crippen LogP) is 0.509. The van der Waals surface area contributed by atoms with Gasteiger partial charge in [0.15, 0.2) is 0 Å². The molecule has 122 valence electrons. The fourth-order valence-electron chi connectivity index (χ4n) is 1.45. The Hall–Kier alpha value is -1.83. The van der Waals surface area contributed by atoms with Crippen LogP contribution in [0.15, 0.2) is 0 Å². The maximum Gasteiger partial charge on any atom is 0.326 e. The average Bonchev–Trinajstić information content (AvgIpc) is 2.46. The molecule has 8 nitrogen and oxygen atoms in total. The van der Waals surface area contributed by atoms with Gasteiger partial charge in [0, 0.05) is 26.2 Å². The number of ether oxygens (including phenoxy) is 2. The average molecular weight is 304 g/mol. The minimum Gasteiger partial charge on any atom is -0.480 e. The van der Waals surface area contributed by atoms with Crippen molar-refractivity contribution < 1.29 is 29.0 Å². The number of aliphatic carboxylic acids is 1. The first kappa shape index (κ1) is 19.2. The van der Waals surface area contributed by atoms with Crippen LogP contribution in [0.1, 0.15) is 32.6 Å².